The number of benzene rings is 1. The molecule has 0 radical (unpaired) electrons. The van der Waals surface area contributed by atoms with E-state index in [-0.39, 0.29) is 17.9 Å². The van der Waals surface area contributed by atoms with Gasteiger partial charge in [-0.2, -0.15) is 0 Å². The number of likely N-dealkylation sites (tertiary alicyclic amines) is 1. The Labute approximate surface area is 167 Å². The molecule has 3 aromatic rings. The molecule has 1 aliphatic rings. The Morgan fingerprint density at radius 1 is 1.41 bits per heavy atom. The molecule has 27 heavy (non-hydrogen) atoms. The molecule has 1 saturated heterocycles. The number of aliphatic hydroxyl groups excluding tert-OH is 1. The first-order valence-electron chi connectivity index (χ1n) is 9.11. The number of hydrogen-bond donors (Lipinski definition) is 1. The van der Waals surface area contributed by atoms with Crippen LogP contribution in [0.3, 0.4) is 0 Å². The van der Waals surface area contributed by atoms with E-state index in [0.717, 1.165) is 35.6 Å². The van der Waals surface area contributed by atoms with Gasteiger partial charge in [0.1, 0.15) is 0 Å². The Bertz CT molecular complexity index is 925. The molecule has 1 unspecified atom stereocenters. The van der Waals surface area contributed by atoms with E-state index in [1.807, 2.05) is 51.3 Å². The van der Waals surface area contributed by atoms with E-state index in [1.165, 1.54) is 0 Å². The van der Waals surface area contributed by atoms with E-state index in [0.29, 0.717) is 24.4 Å². The number of fused-ring (bicyclic) bond motifs is 1. The Kier molecular flexibility index (Phi) is 5.21. The van der Waals surface area contributed by atoms with Crippen molar-refractivity contribution in [3.05, 3.63) is 58.3 Å². The molecule has 1 aromatic carbocycles. The second-order valence-electron chi connectivity index (χ2n) is 7.39. The van der Waals surface area contributed by atoms with Gasteiger partial charge in [-0.25, -0.2) is 4.98 Å². The summed E-state index contributed by atoms with van der Waals surface area (Å²) in [5.41, 5.74) is 1.58. The van der Waals surface area contributed by atoms with E-state index in [4.69, 9.17) is 11.6 Å². The van der Waals surface area contributed by atoms with Crippen molar-refractivity contribution in [1.29, 1.82) is 0 Å². The summed E-state index contributed by atoms with van der Waals surface area (Å²) in [6, 6.07) is 7.75. The number of thiazole rings is 1. The minimum atomic E-state index is -0.312. The van der Waals surface area contributed by atoms with Gasteiger partial charge in [-0.3, -0.25) is 9.20 Å². The number of piperidine rings is 1. The first-order valence-corrected chi connectivity index (χ1v) is 10.4. The van der Waals surface area contributed by atoms with Crippen molar-refractivity contribution in [3.63, 3.8) is 0 Å². The van der Waals surface area contributed by atoms with Gasteiger partial charge >= 0.3 is 0 Å². The van der Waals surface area contributed by atoms with Crippen LogP contribution in [0.4, 0.5) is 0 Å². The highest BCUT2D eigenvalue weighted by Crippen LogP contribution is 2.34. The van der Waals surface area contributed by atoms with E-state index < -0.39 is 0 Å². The molecule has 1 N–H and O–H groups in total. The average Bonchev–Trinajstić information content (AvgIpc) is 3.23. The largest absolute Gasteiger partial charge is 0.396 e. The summed E-state index contributed by atoms with van der Waals surface area (Å²) in [6.07, 6.45) is 6.68. The molecule has 4 rings (SSSR count). The molecule has 142 valence electrons. The van der Waals surface area contributed by atoms with Gasteiger partial charge in [-0.05, 0) is 37.0 Å². The van der Waals surface area contributed by atoms with Crippen molar-refractivity contribution in [2.24, 2.45) is 5.41 Å². The molecule has 1 fully saturated rings. The van der Waals surface area contributed by atoms with Crippen molar-refractivity contribution >= 4 is 33.8 Å². The highest BCUT2D eigenvalue weighted by Gasteiger charge is 2.37. The van der Waals surface area contributed by atoms with Gasteiger partial charge in [0.15, 0.2) is 4.96 Å². The quantitative estimate of drug-likeness (QED) is 0.710. The number of aromatic nitrogens is 2. The number of carbonyl (C=O) groups is 1. The number of hydrogen-bond acceptors (Lipinski definition) is 4. The van der Waals surface area contributed by atoms with Crippen LogP contribution in [-0.4, -0.2) is 45.0 Å². The third-order valence-electron chi connectivity index (χ3n) is 5.29. The number of halogens is 1. The molecule has 1 amide bonds. The van der Waals surface area contributed by atoms with Crippen LogP contribution in [0.1, 0.15) is 24.1 Å². The van der Waals surface area contributed by atoms with E-state index in [9.17, 15) is 9.90 Å². The fourth-order valence-corrected chi connectivity index (χ4v) is 4.89. The first-order chi connectivity index (χ1) is 13.1. The number of imidazole rings is 1. The predicted octanol–water partition coefficient (Wildman–Crippen LogP) is 3.44. The van der Waals surface area contributed by atoms with Crippen LogP contribution in [-0.2, 0) is 17.6 Å². The SMILES string of the molecule is O=C(Cc1cn2ccsc2n1)N1CCCC(CO)(Cc2cccc(Cl)c2)C1. The number of rotatable bonds is 5. The summed E-state index contributed by atoms with van der Waals surface area (Å²) in [4.78, 5) is 20.2. The fraction of sp³-hybridized carbons (Fsp3) is 0.400. The van der Waals surface area contributed by atoms with Crippen LogP contribution >= 0.6 is 22.9 Å². The summed E-state index contributed by atoms with van der Waals surface area (Å²) in [5.74, 6) is 0.0735. The zero-order chi connectivity index (χ0) is 18.9. The molecular formula is C20H22ClN3O2S. The summed E-state index contributed by atoms with van der Waals surface area (Å²) in [5, 5.41) is 12.8. The molecule has 7 heteroatoms. The van der Waals surface area contributed by atoms with Gasteiger partial charge in [0, 0.05) is 41.3 Å². The third kappa shape index (κ3) is 4.03. The maximum absolute atomic E-state index is 12.9. The Morgan fingerprint density at radius 3 is 3.07 bits per heavy atom. The summed E-state index contributed by atoms with van der Waals surface area (Å²) >= 11 is 7.67. The van der Waals surface area contributed by atoms with Crippen molar-refractivity contribution in [2.45, 2.75) is 25.7 Å². The lowest BCUT2D eigenvalue weighted by Gasteiger charge is -2.42. The fourth-order valence-electron chi connectivity index (χ4n) is 3.96. The molecule has 0 spiro atoms. The highest BCUT2D eigenvalue weighted by atomic mass is 35.5. The van der Waals surface area contributed by atoms with Crippen molar-refractivity contribution in [3.8, 4) is 0 Å². The van der Waals surface area contributed by atoms with Crippen molar-refractivity contribution in [1.82, 2.24) is 14.3 Å². The van der Waals surface area contributed by atoms with Crippen molar-refractivity contribution in [2.75, 3.05) is 19.7 Å². The van der Waals surface area contributed by atoms with Gasteiger partial charge in [-0.15, -0.1) is 11.3 Å². The van der Waals surface area contributed by atoms with E-state index in [1.54, 1.807) is 11.3 Å². The highest BCUT2D eigenvalue weighted by molar-refractivity contribution is 7.15. The Balaban J connectivity index is 1.46. The summed E-state index contributed by atoms with van der Waals surface area (Å²) in [6.45, 7) is 1.36. The van der Waals surface area contributed by atoms with Crippen LogP contribution in [0.15, 0.2) is 42.0 Å². The summed E-state index contributed by atoms with van der Waals surface area (Å²) in [7, 11) is 0. The first kappa shape index (κ1) is 18.5. The Morgan fingerprint density at radius 2 is 2.30 bits per heavy atom. The van der Waals surface area contributed by atoms with Crippen LogP contribution in [0.25, 0.3) is 4.96 Å². The average molecular weight is 404 g/mol. The number of aliphatic hydroxyl groups is 1. The molecule has 0 aliphatic carbocycles. The lowest BCUT2D eigenvalue weighted by Crippen LogP contribution is -2.49. The van der Waals surface area contributed by atoms with E-state index in [2.05, 4.69) is 4.98 Å². The lowest BCUT2D eigenvalue weighted by atomic mass is 9.75. The molecule has 3 heterocycles. The summed E-state index contributed by atoms with van der Waals surface area (Å²) < 4.78 is 1.95. The number of amides is 1. The Hall–Kier alpha value is -1.89. The molecule has 0 bridgehead atoms. The molecule has 0 saturated carbocycles. The maximum Gasteiger partial charge on any atom is 0.228 e. The topological polar surface area (TPSA) is 57.8 Å². The normalized spacial score (nSPS) is 20.3. The molecule has 1 aliphatic heterocycles. The standard InChI is InChI=1S/C20H22ClN3O2S/c21-16-4-1-3-15(9-16)11-20(14-25)5-2-6-24(13-20)18(26)10-17-12-23-7-8-27-19(23)22-17/h1,3-4,7-9,12,25H,2,5-6,10-11,13-14H2. The molecular weight excluding hydrogens is 382 g/mol. The monoisotopic (exact) mass is 403 g/mol. The van der Waals surface area contributed by atoms with Gasteiger partial charge in [0.25, 0.3) is 0 Å². The number of carbonyl (C=O) groups excluding carboxylic acids is 1. The van der Waals surface area contributed by atoms with E-state index >= 15 is 0 Å². The lowest BCUT2D eigenvalue weighted by molar-refractivity contribution is -0.134. The van der Waals surface area contributed by atoms with Gasteiger partial charge in [0.05, 0.1) is 18.7 Å². The smallest absolute Gasteiger partial charge is 0.228 e. The van der Waals surface area contributed by atoms with Crippen LogP contribution < -0.4 is 0 Å². The van der Waals surface area contributed by atoms with Gasteiger partial charge in [0.2, 0.25) is 5.91 Å². The van der Waals surface area contributed by atoms with Crippen molar-refractivity contribution < 1.29 is 9.90 Å². The second-order valence-corrected chi connectivity index (χ2v) is 8.69. The zero-order valence-corrected chi connectivity index (χ0v) is 16.5. The molecule has 1 atom stereocenters. The maximum atomic E-state index is 12.9. The predicted molar refractivity (Wildman–Crippen MR) is 107 cm³/mol. The number of nitrogens with zero attached hydrogens (tertiary/aromatic N) is 3. The molecule has 5 nitrogen and oxygen atoms in total. The van der Waals surface area contributed by atoms with Crippen LogP contribution in [0.5, 0.6) is 0 Å². The van der Waals surface area contributed by atoms with Gasteiger partial charge < -0.3 is 10.0 Å². The minimum Gasteiger partial charge on any atom is -0.396 e. The van der Waals surface area contributed by atoms with Crippen LogP contribution in [0.2, 0.25) is 5.02 Å². The second kappa shape index (κ2) is 7.62. The van der Waals surface area contributed by atoms with Gasteiger partial charge in [-0.1, -0.05) is 23.7 Å². The third-order valence-corrected chi connectivity index (χ3v) is 6.30. The minimum absolute atomic E-state index is 0.0590. The zero-order valence-electron chi connectivity index (χ0n) is 15.0. The van der Waals surface area contributed by atoms with Crippen LogP contribution in [0, 0.1) is 5.41 Å². The molecule has 2 aromatic heterocycles.